The van der Waals surface area contributed by atoms with Crippen LogP contribution in [0.25, 0.3) is 0 Å². The van der Waals surface area contributed by atoms with Crippen molar-refractivity contribution < 1.29 is 14.6 Å². The van der Waals surface area contributed by atoms with E-state index in [0.717, 1.165) is 5.56 Å². The molecule has 126 valence electrons. The van der Waals surface area contributed by atoms with Crippen LogP contribution in [-0.2, 0) is 0 Å². The summed E-state index contributed by atoms with van der Waals surface area (Å²) in [5.41, 5.74) is 1.18. The van der Waals surface area contributed by atoms with Crippen LogP contribution in [0.3, 0.4) is 0 Å². The first-order chi connectivity index (χ1) is 11.5. The summed E-state index contributed by atoms with van der Waals surface area (Å²) in [6.07, 6.45) is 2.92. The average molecular weight is 367 g/mol. The van der Waals surface area contributed by atoms with E-state index in [1.807, 2.05) is 13.0 Å². The summed E-state index contributed by atoms with van der Waals surface area (Å²) in [4.78, 5) is 0. The first-order valence-corrected chi connectivity index (χ1v) is 7.86. The van der Waals surface area contributed by atoms with E-state index >= 15 is 0 Å². The van der Waals surface area contributed by atoms with Gasteiger partial charge in [-0.05, 0) is 42.8 Å². The van der Waals surface area contributed by atoms with Gasteiger partial charge in [0, 0.05) is 10.6 Å². The number of benzene rings is 2. The third-order valence-electron chi connectivity index (χ3n) is 3.02. The number of halogens is 2. The van der Waals surface area contributed by atoms with Crippen molar-refractivity contribution in [1.82, 2.24) is 0 Å². The Labute approximate surface area is 150 Å². The highest BCUT2D eigenvalue weighted by Gasteiger charge is 2.06. The van der Waals surface area contributed by atoms with E-state index in [1.54, 1.807) is 31.5 Å². The Bertz CT molecular complexity index is 777. The Morgan fingerprint density at radius 2 is 1.83 bits per heavy atom. The van der Waals surface area contributed by atoms with E-state index in [9.17, 15) is 5.11 Å². The molecular formula is C17H16Cl2N2O3. The molecule has 0 aliphatic rings. The van der Waals surface area contributed by atoms with Crippen LogP contribution in [0.5, 0.6) is 17.2 Å². The van der Waals surface area contributed by atoms with E-state index in [1.165, 1.54) is 12.3 Å². The maximum atomic E-state index is 9.82. The van der Waals surface area contributed by atoms with E-state index in [2.05, 4.69) is 10.2 Å². The molecule has 0 aromatic heterocycles. The lowest BCUT2D eigenvalue weighted by atomic mass is 10.2. The summed E-state index contributed by atoms with van der Waals surface area (Å²) in [5.74, 6) is 1.19. The highest BCUT2D eigenvalue weighted by Crippen LogP contribution is 2.30. The SMILES string of the molecule is CCOc1ccc(C=NN=Cc2cc(Cl)cc(Cl)c2O)cc1OC. The fourth-order valence-corrected chi connectivity index (χ4v) is 2.43. The number of methoxy groups -OCH3 is 1. The minimum Gasteiger partial charge on any atom is -0.506 e. The van der Waals surface area contributed by atoms with Crippen molar-refractivity contribution in [2.75, 3.05) is 13.7 Å². The summed E-state index contributed by atoms with van der Waals surface area (Å²) >= 11 is 11.7. The molecule has 0 heterocycles. The number of aromatic hydroxyl groups is 1. The van der Waals surface area contributed by atoms with Gasteiger partial charge in [-0.15, -0.1) is 0 Å². The number of ether oxygens (including phenoxy) is 2. The summed E-state index contributed by atoms with van der Waals surface area (Å²) in [6, 6.07) is 8.42. The van der Waals surface area contributed by atoms with Crippen LogP contribution in [0.15, 0.2) is 40.5 Å². The first-order valence-electron chi connectivity index (χ1n) is 7.10. The third kappa shape index (κ3) is 4.63. The molecule has 0 saturated heterocycles. The number of phenols is 1. The Balaban J connectivity index is 2.14. The van der Waals surface area contributed by atoms with Gasteiger partial charge in [-0.3, -0.25) is 0 Å². The van der Waals surface area contributed by atoms with Crippen LogP contribution in [0.4, 0.5) is 0 Å². The van der Waals surface area contributed by atoms with Gasteiger partial charge in [0.15, 0.2) is 11.5 Å². The largest absolute Gasteiger partial charge is 0.506 e. The Morgan fingerprint density at radius 1 is 1.08 bits per heavy atom. The predicted molar refractivity (Wildman–Crippen MR) is 97.5 cm³/mol. The van der Waals surface area contributed by atoms with Crippen LogP contribution in [-0.4, -0.2) is 31.3 Å². The fraction of sp³-hybridized carbons (Fsp3) is 0.176. The second-order valence-corrected chi connectivity index (χ2v) is 5.50. The Hall–Kier alpha value is -2.24. The molecule has 5 nitrogen and oxygen atoms in total. The smallest absolute Gasteiger partial charge is 0.161 e. The van der Waals surface area contributed by atoms with Gasteiger partial charge in [0.25, 0.3) is 0 Å². The van der Waals surface area contributed by atoms with Crippen molar-refractivity contribution in [3.05, 3.63) is 51.5 Å². The van der Waals surface area contributed by atoms with Crippen molar-refractivity contribution in [2.45, 2.75) is 6.92 Å². The van der Waals surface area contributed by atoms with Gasteiger partial charge in [0.1, 0.15) is 5.75 Å². The van der Waals surface area contributed by atoms with Gasteiger partial charge in [-0.1, -0.05) is 23.2 Å². The molecule has 0 aliphatic heterocycles. The van der Waals surface area contributed by atoms with Gasteiger partial charge in [0.05, 0.1) is 31.2 Å². The van der Waals surface area contributed by atoms with Crippen LogP contribution in [0.1, 0.15) is 18.1 Å². The fourth-order valence-electron chi connectivity index (χ4n) is 1.92. The van der Waals surface area contributed by atoms with Crippen molar-refractivity contribution in [1.29, 1.82) is 0 Å². The lowest BCUT2D eigenvalue weighted by Gasteiger charge is -2.09. The number of hydrogen-bond donors (Lipinski definition) is 1. The lowest BCUT2D eigenvalue weighted by Crippen LogP contribution is -1.96. The molecule has 2 rings (SSSR count). The summed E-state index contributed by atoms with van der Waals surface area (Å²) < 4.78 is 10.7. The predicted octanol–water partition coefficient (Wildman–Crippen LogP) is 4.56. The molecule has 0 radical (unpaired) electrons. The molecule has 0 bridgehead atoms. The molecule has 0 saturated carbocycles. The molecule has 2 aromatic carbocycles. The normalized spacial score (nSPS) is 11.3. The molecule has 0 amide bonds. The average Bonchev–Trinajstić information content (AvgIpc) is 2.57. The van der Waals surface area contributed by atoms with E-state index < -0.39 is 0 Å². The summed E-state index contributed by atoms with van der Waals surface area (Å²) in [7, 11) is 1.57. The van der Waals surface area contributed by atoms with Crippen molar-refractivity contribution in [3.63, 3.8) is 0 Å². The van der Waals surface area contributed by atoms with Crippen molar-refractivity contribution in [2.24, 2.45) is 10.2 Å². The number of nitrogens with zero attached hydrogens (tertiary/aromatic N) is 2. The maximum Gasteiger partial charge on any atom is 0.161 e. The molecule has 7 heteroatoms. The lowest BCUT2D eigenvalue weighted by molar-refractivity contribution is 0.311. The summed E-state index contributed by atoms with van der Waals surface area (Å²) in [5, 5.41) is 18.2. The maximum absolute atomic E-state index is 9.82. The van der Waals surface area contributed by atoms with Crippen LogP contribution in [0, 0.1) is 0 Å². The van der Waals surface area contributed by atoms with E-state index in [4.69, 9.17) is 32.7 Å². The zero-order valence-electron chi connectivity index (χ0n) is 13.2. The molecule has 0 spiro atoms. The Morgan fingerprint density at radius 3 is 2.54 bits per heavy atom. The molecule has 1 N–H and O–H groups in total. The molecule has 2 aromatic rings. The number of rotatable bonds is 6. The van der Waals surface area contributed by atoms with Gasteiger partial charge in [-0.25, -0.2) is 0 Å². The topological polar surface area (TPSA) is 63.4 Å². The highest BCUT2D eigenvalue weighted by atomic mass is 35.5. The minimum atomic E-state index is -0.0947. The molecule has 0 fully saturated rings. The standard InChI is InChI=1S/C17H16Cl2N2O3/c1-3-24-15-5-4-11(6-16(15)23-2)9-20-21-10-12-7-13(18)8-14(19)17(12)22/h4-10,22H,3H2,1-2H3. The van der Waals surface area contributed by atoms with E-state index in [-0.39, 0.29) is 10.8 Å². The van der Waals surface area contributed by atoms with Gasteiger partial charge < -0.3 is 14.6 Å². The monoisotopic (exact) mass is 366 g/mol. The van der Waals surface area contributed by atoms with Crippen LogP contribution in [0.2, 0.25) is 10.0 Å². The van der Waals surface area contributed by atoms with E-state index in [0.29, 0.717) is 28.7 Å². The molecule has 0 aliphatic carbocycles. The molecular weight excluding hydrogens is 351 g/mol. The zero-order chi connectivity index (χ0) is 17.5. The second kappa shape index (κ2) is 8.57. The zero-order valence-corrected chi connectivity index (χ0v) is 14.7. The molecule has 0 unspecified atom stereocenters. The molecule has 0 atom stereocenters. The van der Waals surface area contributed by atoms with Crippen LogP contribution < -0.4 is 9.47 Å². The Kier molecular flexibility index (Phi) is 6.46. The van der Waals surface area contributed by atoms with Crippen LogP contribution >= 0.6 is 23.2 Å². The number of phenolic OH excluding ortho intramolecular Hbond substituents is 1. The van der Waals surface area contributed by atoms with Gasteiger partial charge in [-0.2, -0.15) is 10.2 Å². The van der Waals surface area contributed by atoms with Gasteiger partial charge >= 0.3 is 0 Å². The van der Waals surface area contributed by atoms with Crippen molar-refractivity contribution >= 4 is 35.6 Å². The highest BCUT2D eigenvalue weighted by molar-refractivity contribution is 6.36. The second-order valence-electron chi connectivity index (χ2n) is 4.66. The quantitative estimate of drug-likeness (QED) is 0.601. The van der Waals surface area contributed by atoms with Crippen molar-refractivity contribution in [3.8, 4) is 17.2 Å². The first kappa shape index (κ1) is 18.1. The third-order valence-corrected chi connectivity index (χ3v) is 3.52. The minimum absolute atomic E-state index is 0.0947. The molecule has 24 heavy (non-hydrogen) atoms. The summed E-state index contributed by atoms with van der Waals surface area (Å²) in [6.45, 7) is 2.46. The number of hydrogen-bond acceptors (Lipinski definition) is 5. The van der Waals surface area contributed by atoms with Gasteiger partial charge in [0.2, 0.25) is 0 Å².